The molecule has 2 N–H and O–H groups in total. The van der Waals surface area contributed by atoms with Gasteiger partial charge in [0.2, 0.25) is 0 Å². The largest absolute Gasteiger partial charge is 0.479 e. The molecular formula is C8H9BrN2O3. The standard InChI is InChI=1S/C8H9BrN2O3/c1-11-4-2-3-8(14,7(12)13)5(4)6(9)10-11/h14H,2-3H2,1H3,(H,12,13). The minimum absolute atomic E-state index is 0.210. The minimum Gasteiger partial charge on any atom is -0.479 e. The first kappa shape index (κ1) is 9.67. The molecule has 0 aliphatic heterocycles. The van der Waals surface area contributed by atoms with Crippen molar-refractivity contribution in [3.63, 3.8) is 0 Å². The zero-order chi connectivity index (χ0) is 10.5. The SMILES string of the molecule is Cn1nc(Br)c2c1CCC2(O)C(=O)O. The lowest BCUT2D eigenvalue weighted by Gasteiger charge is -2.16. The average molecular weight is 261 g/mol. The molecule has 1 aliphatic rings. The van der Waals surface area contributed by atoms with Crippen LogP contribution in [0.3, 0.4) is 0 Å². The number of carboxylic acids is 1. The average Bonchev–Trinajstić information content (AvgIpc) is 2.56. The summed E-state index contributed by atoms with van der Waals surface area (Å²) in [5, 5.41) is 22.9. The van der Waals surface area contributed by atoms with E-state index in [9.17, 15) is 9.90 Å². The molecule has 1 unspecified atom stereocenters. The van der Waals surface area contributed by atoms with Crippen LogP contribution in [0.1, 0.15) is 17.7 Å². The number of carbonyl (C=O) groups is 1. The molecule has 0 saturated carbocycles. The lowest BCUT2D eigenvalue weighted by atomic mass is 9.99. The highest BCUT2D eigenvalue weighted by molar-refractivity contribution is 9.10. The maximum absolute atomic E-state index is 10.9. The molecule has 0 amide bonds. The van der Waals surface area contributed by atoms with Gasteiger partial charge in [0.1, 0.15) is 4.60 Å². The zero-order valence-electron chi connectivity index (χ0n) is 7.49. The number of aryl methyl sites for hydroxylation is 1. The maximum atomic E-state index is 10.9. The van der Waals surface area contributed by atoms with Crippen molar-refractivity contribution in [2.75, 3.05) is 0 Å². The number of nitrogens with zero attached hydrogens (tertiary/aromatic N) is 2. The predicted octanol–water partition coefficient (Wildman–Crippen LogP) is 0.401. The molecule has 14 heavy (non-hydrogen) atoms. The molecule has 0 aromatic carbocycles. The van der Waals surface area contributed by atoms with Crippen molar-refractivity contribution in [2.45, 2.75) is 18.4 Å². The van der Waals surface area contributed by atoms with E-state index < -0.39 is 11.6 Å². The fourth-order valence-corrected chi connectivity index (χ4v) is 2.65. The minimum atomic E-state index is -1.78. The first-order chi connectivity index (χ1) is 6.47. The first-order valence-corrected chi connectivity index (χ1v) is 4.93. The molecule has 0 spiro atoms. The molecule has 0 radical (unpaired) electrons. The summed E-state index contributed by atoms with van der Waals surface area (Å²) in [6.07, 6.45) is 0.745. The zero-order valence-corrected chi connectivity index (χ0v) is 9.08. The fourth-order valence-electron chi connectivity index (χ4n) is 1.86. The fraction of sp³-hybridized carbons (Fsp3) is 0.500. The second-order valence-electron chi connectivity index (χ2n) is 3.40. The van der Waals surface area contributed by atoms with E-state index in [4.69, 9.17) is 5.11 Å². The monoisotopic (exact) mass is 260 g/mol. The Morgan fingerprint density at radius 3 is 2.93 bits per heavy atom. The van der Waals surface area contributed by atoms with Gasteiger partial charge in [-0.3, -0.25) is 4.68 Å². The van der Waals surface area contributed by atoms with Gasteiger partial charge in [0.25, 0.3) is 0 Å². The number of hydrogen-bond acceptors (Lipinski definition) is 3. The summed E-state index contributed by atoms with van der Waals surface area (Å²) in [6.45, 7) is 0. The number of hydrogen-bond donors (Lipinski definition) is 2. The molecule has 6 heteroatoms. The molecule has 0 fully saturated rings. The van der Waals surface area contributed by atoms with Crippen LogP contribution in [-0.2, 0) is 23.9 Å². The molecule has 5 nitrogen and oxygen atoms in total. The Morgan fingerprint density at radius 1 is 1.71 bits per heavy atom. The highest BCUT2D eigenvalue weighted by Gasteiger charge is 2.47. The Hall–Kier alpha value is -0.880. The van der Waals surface area contributed by atoms with Gasteiger partial charge < -0.3 is 10.2 Å². The summed E-state index contributed by atoms with van der Waals surface area (Å²) in [7, 11) is 1.73. The molecule has 1 aromatic rings. The third kappa shape index (κ3) is 1.04. The molecule has 1 heterocycles. The van der Waals surface area contributed by atoms with Crippen molar-refractivity contribution in [3.05, 3.63) is 15.9 Å². The van der Waals surface area contributed by atoms with E-state index in [0.29, 0.717) is 16.6 Å². The number of fused-ring (bicyclic) bond motifs is 1. The van der Waals surface area contributed by atoms with Gasteiger partial charge in [0, 0.05) is 12.7 Å². The van der Waals surface area contributed by atoms with Gasteiger partial charge >= 0.3 is 5.97 Å². The highest BCUT2D eigenvalue weighted by Crippen LogP contribution is 2.40. The molecule has 1 atom stereocenters. The van der Waals surface area contributed by atoms with E-state index in [1.54, 1.807) is 11.7 Å². The number of aliphatic carboxylic acids is 1. The van der Waals surface area contributed by atoms with Crippen LogP contribution in [0.2, 0.25) is 0 Å². The Bertz CT molecular complexity index is 415. The van der Waals surface area contributed by atoms with Gasteiger partial charge in [-0.05, 0) is 28.8 Å². The van der Waals surface area contributed by atoms with E-state index in [0.717, 1.165) is 5.69 Å². The summed E-state index contributed by atoms with van der Waals surface area (Å²) in [6, 6.07) is 0. The van der Waals surface area contributed by atoms with Crippen molar-refractivity contribution in [3.8, 4) is 0 Å². The third-order valence-corrected chi connectivity index (χ3v) is 3.17. The van der Waals surface area contributed by atoms with Gasteiger partial charge in [-0.15, -0.1) is 0 Å². The number of rotatable bonds is 1. The summed E-state index contributed by atoms with van der Waals surface area (Å²) in [5.41, 5.74) is -0.600. The van der Waals surface area contributed by atoms with Gasteiger partial charge in [0.15, 0.2) is 5.60 Å². The number of halogens is 1. The van der Waals surface area contributed by atoms with Crippen LogP contribution >= 0.6 is 15.9 Å². The van der Waals surface area contributed by atoms with Gasteiger partial charge in [-0.1, -0.05) is 0 Å². The molecule has 1 aliphatic carbocycles. The normalized spacial score (nSPS) is 25.1. The van der Waals surface area contributed by atoms with Crippen LogP contribution < -0.4 is 0 Å². The quantitative estimate of drug-likeness (QED) is 0.767. The first-order valence-electron chi connectivity index (χ1n) is 4.14. The molecule has 0 saturated heterocycles. The Kier molecular flexibility index (Phi) is 1.94. The van der Waals surface area contributed by atoms with Gasteiger partial charge in [0.05, 0.1) is 5.56 Å². The van der Waals surface area contributed by atoms with Gasteiger partial charge in [-0.2, -0.15) is 5.10 Å². The number of aromatic nitrogens is 2. The molecular weight excluding hydrogens is 252 g/mol. The van der Waals surface area contributed by atoms with Crippen LogP contribution in [0.4, 0.5) is 0 Å². The smallest absolute Gasteiger partial charge is 0.340 e. The molecule has 1 aromatic heterocycles. The van der Waals surface area contributed by atoms with Crippen LogP contribution in [0.15, 0.2) is 4.60 Å². The van der Waals surface area contributed by atoms with Crippen LogP contribution in [0.25, 0.3) is 0 Å². The van der Waals surface area contributed by atoms with E-state index in [1.165, 1.54) is 0 Å². The van der Waals surface area contributed by atoms with Crippen molar-refractivity contribution < 1.29 is 15.0 Å². The maximum Gasteiger partial charge on any atom is 0.340 e. The van der Waals surface area contributed by atoms with Crippen molar-refractivity contribution in [2.24, 2.45) is 7.05 Å². The van der Waals surface area contributed by atoms with E-state index >= 15 is 0 Å². The van der Waals surface area contributed by atoms with Crippen LogP contribution in [0, 0.1) is 0 Å². The van der Waals surface area contributed by atoms with Crippen molar-refractivity contribution in [1.82, 2.24) is 9.78 Å². The van der Waals surface area contributed by atoms with Gasteiger partial charge in [-0.25, -0.2) is 4.79 Å². The number of aliphatic hydroxyl groups is 1. The Morgan fingerprint density at radius 2 is 2.36 bits per heavy atom. The van der Waals surface area contributed by atoms with E-state index in [-0.39, 0.29) is 6.42 Å². The lowest BCUT2D eigenvalue weighted by Crippen LogP contribution is -2.33. The Labute approximate surface area is 88.5 Å². The third-order valence-electron chi connectivity index (χ3n) is 2.61. The predicted molar refractivity (Wildman–Crippen MR) is 50.8 cm³/mol. The summed E-state index contributed by atoms with van der Waals surface area (Å²) in [4.78, 5) is 10.9. The van der Waals surface area contributed by atoms with E-state index in [2.05, 4.69) is 21.0 Å². The van der Waals surface area contributed by atoms with Crippen LogP contribution in [0.5, 0.6) is 0 Å². The lowest BCUT2D eigenvalue weighted by molar-refractivity contribution is -0.159. The van der Waals surface area contributed by atoms with Crippen LogP contribution in [-0.4, -0.2) is 26.0 Å². The second-order valence-corrected chi connectivity index (χ2v) is 4.15. The second kappa shape index (κ2) is 2.80. The van der Waals surface area contributed by atoms with Crippen molar-refractivity contribution >= 4 is 21.9 Å². The van der Waals surface area contributed by atoms with E-state index in [1.807, 2.05) is 0 Å². The van der Waals surface area contributed by atoms with Crippen molar-refractivity contribution in [1.29, 1.82) is 0 Å². The highest BCUT2D eigenvalue weighted by atomic mass is 79.9. The number of carboxylic acid groups (broad SMARTS) is 1. The molecule has 2 rings (SSSR count). The summed E-state index contributed by atoms with van der Waals surface area (Å²) in [5.74, 6) is -1.22. The molecule has 0 bridgehead atoms. The summed E-state index contributed by atoms with van der Waals surface area (Å²) >= 11 is 3.16. The summed E-state index contributed by atoms with van der Waals surface area (Å²) < 4.78 is 2.01. The topological polar surface area (TPSA) is 75.3 Å². The molecule has 76 valence electrons. The Balaban J connectivity index is 2.64.